The van der Waals surface area contributed by atoms with Gasteiger partial charge in [0.25, 0.3) is 0 Å². The summed E-state index contributed by atoms with van der Waals surface area (Å²) in [6.07, 6.45) is 5.94. The third kappa shape index (κ3) is 4.60. The number of hydrogen-bond donors (Lipinski definition) is 1. The van der Waals surface area contributed by atoms with Crippen LogP contribution in [0, 0.1) is 5.92 Å². The van der Waals surface area contributed by atoms with Crippen molar-refractivity contribution < 1.29 is 13.5 Å². The zero-order valence-electron chi connectivity index (χ0n) is 12.1. The molecule has 1 N–H and O–H groups in total. The van der Waals surface area contributed by atoms with Crippen LogP contribution in [0.1, 0.15) is 44.6 Å². The van der Waals surface area contributed by atoms with E-state index >= 15 is 0 Å². The van der Waals surface area contributed by atoms with Gasteiger partial charge >= 0.3 is 0 Å². The van der Waals surface area contributed by atoms with Crippen molar-refractivity contribution in [2.24, 2.45) is 5.92 Å². The van der Waals surface area contributed by atoms with Gasteiger partial charge in [-0.2, -0.15) is 0 Å². The molecule has 3 nitrogen and oxygen atoms in total. The highest BCUT2D eigenvalue weighted by Crippen LogP contribution is 2.27. The van der Waals surface area contributed by atoms with E-state index in [-0.39, 0.29) is 5.25 Å². The van der Waals surface area contributed by atoms with Crippen LogP contribution in [-0.2, 0) is 17.5 Å². The van der Waals surface area contributed by atoms with Crippen molar-refractivity contribution >= 4 is 11.1 Å². The van der Waals surface area contributed by atoms with Gasteiger partial charge < -0.3 is 9.29 Å². The van der Waals surface area contributed by atoms with Crippen molar-refractivity contribution in [3.8, 4) is 5.75 Å². The lowest BCUT2D eigenvalue weighted by Gasteiger charge is -2.26. The van der Waals surface area contributed by atoms with Crippen LogP contribution in [0.4, 0.5) is 0 Å². The van der Waals surface area contributed by atoms with Gasteiger partial charge in [0.2, 0.25) is 0 Å². The van der Waals surface area contributed by atoms with Gasteiger partial charge in [-0.1, -0.05) is 25.5 Å². The van der Waals surface area contributed by atoms with Gasteiger partial charge in [0.1, 0.15) is 5.75 Å². The van der Waals surface area contributed by atoms with E-state index in [1.807, 2.05) is 12.1 Å². The molecule has 112 valence electrons. The molecule has 1 fully saturated rings. The number of ether oxygens (including phenoxy) is 1. The van der Waals surface area contributed by atoms with Crippen molar-refractivity contribution in [1.29, 1.82) is 0 Å². The van der Waals surface area contributed by atoms with Crippen molar-refractivity contribution in [3.63, 3.8) is 0 Å². The normalized spacial score (nSPS) is 24.3. The van der Waals surface area contributed by atoms with E-state index in [2.05, 4.69) is 19.1 Å². The molecule has 0 heterocycles. The van der Waals surface area contributed by atoms with Gasteiger partial charge in [0.15, 0.2) is 11.1 Å². The summed E-state index contributed by atoms with van der Waals surface area (Å²) >= 11 is -1.65. The van der Waals surface area contributed by atoms with Gasteiger partial charge in [-0.3, -0.25) is 0 Å². The van der Waals surface area contributed by atoms with Crippen molar-refractivity contribution in [2.75, 3.05) is 6.61 Å². The molecule has 1 saturated carbocycles. The van der Waals surface area contributed by atoms with E-state index in [0.717, 1.165) is 50.9 Å². The maximum absolute atomic E-state index is 11.0. The van der Waals surface area contributed by atoms with Gasteiger partial charge in [-0.15, -0.1) is 0 Å². The summed E-state index contributed by atoms with van der Waals surface area (Å²) in [5, 5.41) is -0.0282. The first-order valence-corrected chi connectivity index (χ1v) is 8.67. The summed E-state index contributed by atoms with van der Waals surface area (Å²) in [4.78, 5) is 0. The first-order valence-electron chi connectivity index (χ1n) is 7.50. The smallest absolute Gasteiger partial charge is 0.155 e. The Bertz CT molecular complexity index is 422. The van der Waals surface area contributed by atoms with E-state index in [4.69, 9.17) is 9.29 Å². The predicted molar refractivity (Wildman–Crippen MR) is 82.4 cm³/mol. The van der Waals surface area contributed by atoms with Crippen LogP contribution in [0.3, 0.4) is 0 Å². The monoisotopic (exact) mass is 296 g/mol. The van der Waals surface area contributed by atoms with Crippen LogP contribution in [0.25, 0.3) is 0 Å². The predicted octanol–water partition coefficient (Wildman–Crippen LogP) is 3.80. The Balaban J connectivity index is 1.74. The van der Waals surface area contributed by atoms with Crippen LogP contribution >= 0.6 is 0 Å². The van der Waals surface area contributed by atoms with Crippen LogP contribution in [0.2, 0.25) is 0 Å². The first-order chi connectivity index (χ1) is 9.69. The minimum atomic E-state index is -1.65. The molecule has 1 aliphatic rings. The van der Waals surface area contributed by atoms with Crippen molar-refractivity contribution in [3.05, 3.63) is 29.8 Å². The number of rotatable bonds is 6. The molecule has 4 heteroatoms. The Morgan fingerprint density at radius 3 is 2.40 bits per heavy atom. The van der Waals surface area contributed by atoms with Crippen LogP contribution in [0.5, 0.6) is 5.75 Å². The fraction of sp³-hybridized carbons (Fsp3) is 0.625. The third-order valence-electron chi connectivity index (χ3n) is 4.03. The maximum atomic E-state index is 11.0. The fourth-order valence-electron chi connectivity index (χ4n) is 2.76. The van der Waals surface area contributed by atoms with E-state index in [1.165, 1.54) is 5.56 Å². The van der Waals surface area contributed by atoms with Gasteiger partial charge in [0.05, 0.1) is 11.9 Å². The van der Waals surface area contributed by atoms with E-state index in [9.17, 15) is 4.21 Å². The molecule has 1 atom stereocenters. The molecule has 0 radical (unpaired) electrons. The molecule has 0 spiro atoms. The standard InChI is InChI=1S/C16H24O3S/c1-2-3-13-4-8-15(9-5-13)19-12-14-6-10-16(11-7-14)20(17)18/h4-5,8-9,14,16H,2-3,6-7,10-12H2,1H3,(H,17,18). The lowest BCUT2D eigenvalue weighted by molar-refractivity contribution is 0.209. The number of benzene rings is 1. The second-order valence-electron chi connectivity index (χ2n) is 5.62. The molecule has 0 amide bonds. The number of aryl methyl sites for hydroxylation is 1. The zero-order valence-corrected chi connectivity index (χ0v) is 12.9. The first kappa shape index (κ1) is 15.5. The quantitative estimate of drug-likeness (QED) is 0.812. The topological polar surface area (TPSA) is 46.5 Å². The Morgan fingerprint density at radius 2 is 1.85 bits per heavy atom. The summed E-state index contributed by atoms with van der Waals surface area (Å²) in [7, 11) is 0. The summed E-state index contributed by atoms with van der Waals surface area (Å²) in [6.45, 7) is 2.90. The summed E-state index contributed by atoms with van der Waals surface area (Å²) in [6, 6.07) is 8.34. The highest BCUT2D eigenvalue weighted by Gasteiger charge is 2.24. The molecule has 20 heavy (non-hydrogen) atoms. The van der Waals surface area contributed by atoms with Crippen LogP contribution in [-0.4, -0.2) is 20.6 Å². The molecule has 2 rings (SSSR count). The van der Waals surface area contributed by atoms with Gasteiger partial charge in [-0.25, -0.2) is 4.21 Å². The molecule has 1 aromatic rings. The summed E-state index contributed by atoms with van der Waals surface area (Å²) < 4.78 is 25.9. The highest BCUT2D eigenvalue weighted by molar-refractivity contribution is 7.79. The molecule has 0 aliphatic heterocycles. The molecule has 0 bridgehead atoms. The Labute approximate surface area is 124 Å². The molecule has 1 aromatic carbocycles. The Hall–Kier alpha value is -0.870. The summed E-state index contributed by atoms with van der Waals surface area (Å²) in [5.41, 5.74) is 1.35. The zero-order chi connectivity index (χ0) is 14.4. The summed E-state index contributed by atoms with van der Waals surface area (Å²) in [5.74, 6) is 1.45. The Kier molecular flexibility index (Phi) is 6.05. The minimum Gasteiger partial charge on any atom is -0.493 e. The minimum absolute atomic E-state index is 0.0282. The van der Waals surface area contributed by atoms with E-state index in [0.29, 0.717) is 5.92 Å². The average Bonchev–Trinajstić information content (AvgIpc) is 2.47. The SMILES string of the molecule is CCCc1ccc(OCC2CCC(S(=O)O)CC2)cc1. The van der Waals surface area contributed by atoms with Gasteiger partial charge in [0, 0.05) is 0 Å². The van der Waals surface area contributed by atoms with E-state index in [1.54, 1.807) is 0 Å². The van der Waals surface area contributed by atoms with Crippen molar-refractivity contribution in [2.45, 2.75) is 50.7 Å². The molecule has 1 unspecified atom stereocenters. The van der Waals surface area contributed by atoms with E-state index < -0.39 is 11.1 Å². The average molecular weight is 296 g/mol. The Morgan fingerprint density at radius 1 is 1.20 bits per heavy atom. The van der Waals surface area contributed by atoms with Crippen molar-refractivity contribution in [1.82, 2.24) is 0 Å². The lowest BCUT2D eigenvalue weighted by atomic mass is 9.89. The third-order valence-corrected chi connectivity index (χ3v) is 5.07. The van der Waals surface area contributed by atoms with Crippen LogP contribution in [0.15, 0.2) is 24.3 Å². The van der Waals surface area contributed by atoms with Gasteiger partial charge in [-0.05, 0) is 55.7 Å². The highest BCUT2D eigenvalue weighted by atomic mass is 32.2. The van der Waals surface area contributed by atoms with Crippen LogP contribution < -0.4 is 4.74 Å². The second-order valence-corrected chi connectivity index (χ2v) is 6.84. The molecular weight excluding hydrogens is 272 g/mol. The second kappa shape index (κ2) is 7.79. The molecular formula is C16H24O3S. The number of hydrogen-bond acceptors (Lipinski definition) is 2. The molecule has 0 saturated heterocycles. The lowest BCUT2D eigenvalue weighted by Crippen LogP contribution is -2.25. The maximum Gasteiger partial charge on any atom is 0.155 e. The fourth-order valence-corrected chi connectivity index (χ4v) is 3.43. The molecule has 1 aliphatic carbocycles. The molecule has 0 aromatic heterocycles. The largest absolute Gasteiger partial charge is 0.493 e.